The number of rotatable bonds is 9. The normalized spacial score (nSPS) is 12.2. The zero-order valence-corrected chi connectivity index (χ0v) is 11.6. The SMILES string of the molecule is CCNC(CO)CCOc1ccc(CO)cc1OC. The van der Waals surface area contributed by atoms with Crippen LogP contribution in [0.1, 0.15) is 18.9 Å². The van der Waals surface area contributed by atoms with Crippen molar-refractivity contribution < 1.29 is 19.7 Å². The molecule has 0 spiro atoms. The van der Waals surface area contributed by atoms with Gasteiger partial charge in [0, 0.05) is 6.04 Å². The van der Waals surface area contributed by atoms with E-state index in [-0.39, 0.29) is 19.3 Å². The highest BCUT2D eigenvalue weighted by Gasteiger charge is 2.08. The lowest BCUT2D eigenvalue weighted by molar-refractivity contribution is 0.207. The van der Waals surface area contributed by atoms with Crippen LogP contribution in [0.5, 0.6) is 11.5 Å². The summed E-state index contributed by atoms with van der Waals surface area (Å²) in [7, 11) is 1.57. The van der Waals surface area contributed by atoms with Crippen molar-refractivity contribution in [2.75, 3.05) is 26.9 Å². The number of likely N-dealkylation sites (N-methyl/N-ethyl adjacent to an activating group) is 1. The van der Waals surface area contributed by atoms with Crippen molar-refractivity contribution >= 4 is 0 Å². The van der Waals surface area contributed by atoms with Crippen LogP contribution in [-0.4, -0.2) is 43.1 Å². The molecule has 1 atom stereocenters. The molecule has 0 radical (unpaired) electrons. The summed E-state index contributed by atoms with van der Waals surface area (Å²) in [5, 5.41) is 21.4. The molecular weight excluding hydrogens is 246 g/mol. The molecule has 0 aliphatic heterocycles. The first kappa shape index (κ1) is 15.8. The first-order valence-electron chi connectivity index (χ1n) is 6.50. The zero-order chi connectivity index (χ0) is 14.1. The smallest absolute Gasteiger partial charge is 0.161 e. The van der Waals surface area contributed by atoms with Crippen LogP contribution in [0.4, 0.5) is 0 Å². The third kappa shape index (κ3) is 5.06. The van der Waals surface area contributed by atoms with E-state index in [4.69, 9.17) is 19.7 Å². The molecule has 0 heterocycles. The van der Waals surface area contributed by atoms with Gasteiger partial charge in [-0.25, -0.2) is 0 Å². The predicted molar refractivity (Wildman–Crippen MR) is 73.6 cm³/mol. The van der Waals surface area contributed by atoms with Crippen LogP contribution in [0.25, 0.3) is 0 Å². The van der Waals surface area contributed by atoms with Gasteiger partial charge in [0.25, 0.3) is 0 Å². The summed E-state index contributed by atoms with van der Waals surface area (Å²) in [5.41, 5.74) is 0.782. The number of aliphatic hydroxyl groups is 2. The fourth-order valence-corrected chi connectivity index (χ4v) is 1.79. The Morgan fingerprint density at radius 3 is 2.63 bits per heavy atom. The molecule has 1 aromatic rings. The molecule has 0 bridgehead atoms. The number of hydrogen-bond acceptors (Lipinski definition) is 5. The van der Waals surface area contributed by atoms with Crippen LogP contribution in [0.15, 0.2) is 18.2 Å². The predicted octanol–water partition coefficient (Wildman–Crippen LogP) is 0.927. The molecule has 1 aromatic carbocycles. The molecule has 0 saturated carbocycles. The average Bonchev–Trinajstić information content (AvgIpc) is 2.46. The molecule has 108 valence electrons. The van der Waals surface area contributed by atoms with Crippen LogP contribution in [0.3, 0.4) is 0 Å². The number of nitrogens with one attached hydrogen (secondary N) is 1. The molecule has 1 unspecified atom stereocenters. The van der Waals surface area contributed by atoms with Crippen molar-refractivity contribution in [2.45, 2.75) is 26.0 Å². The van der Waals surface area contributed by atoms with Crippen molar-refractivity contribution in [3.8, 4) is 11.5 Å². The van der Waals surface area contributed by atoms with E-state index in [2.05, 4.69) is 5.32 Å². The Morgan fingerprint density at radius 2 is 2.05 bits per heavy atom. The lowest BCUT2D eigenvalue weighted by atomic mass is 10.2. The van der Waals surface area contributed by atoms with Crippen LogP contribution in [0.2, 0.25) is 0 Å². The molecule has 19 heavy (non-hydrogen) atoms. The van der Waals surface area contributed by atoms with Gasteiger partial charge in [-0.1, -0.05) is 13.0 Å². The fraction of sp³-hybridized carbons (Fsp3) is 0.571. The van der Waals surface area contributed by atoms with Gasteiger partial charge < -0.3 is 25.0 Å². The maximum absolute atomic E-state index is 9.15. The lowest BCUT2D eigenvalue weighted by Crippen LogP contribution is -2.33. The van der Waals surface area contributed by atoms with E-state index in [1.807, 2.05) is 6.92 Å². The van der Waals surface area contributed by atoms with Crippen molar-refractivity contribution in [3.05, 3.63) is 23.8 Å². The van der Waals surface area contributed by atoms with E-state index in [9.17, 15) is 0 Å². The van der Waals surface area contributed by atoms with Crippen molar-refractivity contribution in [2.24, 2.45) is 0 Å². The number of aliphatic hydroxyl groups excluding tert-OH is 2. The molecular formula is C14H23NO4. The first-order valence-corrected chi connectivity index (χ1v) is 6.50. The Balaban J connectivity index is 2.52. The van der Waals surface area contributed by atoms with Gasteiger partial charge in [-0.15, -0.1) is 0 Å². The van der Waals surface area contributed by atoms with E-state index in [0.29, 0.717) is 18.1 Å². The summed E-state index contributed by atoms with van der Waals surface area (Å²) in [6.45, 7) is 3.38. The molecule has 0 aliphatic rings. The van der Waals surface area contributed by atoms with Crippen LogP contribution in [-0.2, 0) is 6.61 Å². The molecule has 0 saturated heterocycles. The zero-order valence-electron chi connectivity index (χ0n) is 11.6. The summed E-state index contributed by atoms with van der Waals surface area (Å²) in [4.78, 5) is 0. The molecule has 3 N–H and O–H groups in total. The second kappa shape index (κ2) is 8.74. The van der Waals surface area contributed by atoms with Gasteiger partial charge in [-0.2, -0.15) is 0 Å². The van der Waals surface area contributed by atoms with Crippen LogP contribution in [0, 0.1) is 0 Å². The summed E-state index contributed by atoms with van der Waals surface area (Å²) in [6, 6.07) is 5.38. The minimum Gasteiger partial charge on any atom is -0.493 e. The number of hydrogen-bond donors (Lipinski definition) is 3. The van der Waals surface area contributed by atoms with Crippen LogP contribution < -0.4 is 14.8 Å². The second-order valence-electron chi connectivity index (χ2n) is 4.22. The Morgan fingerprint density at radius 1 is 1.26 bits per heavy atom. The van der Waals surface area contributed by atoms with E-state index in [1.54, 1.807) is 25.3 Å². The molecule has 5 nitrogen and oxygen atoms in total. The van der Waals surface area contributed by atoms with Crippen molar-refractivity contribution in [3.63, 3.8) is 0 Å². The maximum Gasteiger partial charge on any atom is 0.161 e. The van der Waals surface area contributed by atoms with Gasteiger partial charge in [0.1, 0.15) is 0 Å². The number of ether oxygens (including phenoxy) is 2. The van der Waals surface area contributed by atoms with Crippen molar-refractivity contribution in [1.82, 2.24) is 5.32 Å². The van der Waals surface area contributed by atoms with Gasteiger partial charge in [0.2, 0.25) is 0 Å². The number of methoxy groups -OCH3 is 1. The van der Waals surface area contributed by atoms with Gasteiger partial charge in [-0.05, 0) is 30.7 Å². The summed E-state index contributed by atoms with van der Waals surface area (Å²) < 4.78 is 10.9. The van der Waals surface area contributed by atoms with Crippen LogP contribution >= 0.6 is 0 Å². The third-order valence-corrected chi connectivity index (χ3v) is 2.85. The maximum atomic E-state index is 9.15. The molecule has 0 aromatic heterocycles. The van der Waals surface area contributed by atoms with Crippen molar-refractivity contribution in [1.29, 1.82) is 0 Å². The third-order valence-electron chi connectivity index (χ3n) is 2.85. The molecule has 0 aliphatic carbocycles. The van der Waals surface area contributed by atoms with Gasteiger partial charge in [0.15, 0.2) is 11.5 Å². The van der Waals surface area contributed by atoms with Gasteiger partial charge >= 0.3 is 0 Å². The van der Waals surface area contributed by atoms with E-state index in [1.165, 1.54) is 0 Å². The van der Waals surface area contributed by atoms with Gasteiger partial charge in [-0.3, -0.25) is 0 Å². The monoisotopic (exact) mass is 269 g/mol. The molecule has 0 fully saturated rings. The topological polar surface area (TPSA) is 71.0 Å². The summed E-state index contributed by atoms with van der Waals surface area (Å²) >= 11 is 0. The fourth-order valence-electron chi connectivity index (χ4n) is 1.79. The molecule has 5 heteroatoms. The molecule has 0 amide bonds. The van der Waals surface area contributed by atoms with E-state index >= 15 is 0 Å². The Bertz CT molecular complexity index is 370. The quantitative estimate of drug-likeness (QED) is 0.622. The lowest BCUT2D eigenvalue weighted by Gasteiger charge is -2.16. The van der Waals surface area contributed by atoms with E-state index < -0.39 is 0 Å². The number of benzene rings is 1. The minimum absolute atomic E-state index is 0.0242. The Kier molecular flexibility index (Phi) is 7.25. The summed E-state index contributed by atoms with van der Waals surface area (Å²) in [6.07, 6.45) is 0.718. The Hall–Kier alpha value is -1.30. The average molecular weight is 269 g/mol. The highest BCUT2D eigenvalue weighted by molar-refractivity contribution is 5.42. The van der Waals surface area contributed by atoms with E-state index in [0.717, 1.165) is 18.5 Å². The second-order valence-corrected chi connectivity index (χ2v) is 4.22. The Labute approximate surface area is 114 Å². The largest absolute Gasteiger partial charge is 0.493 e. The van der Waals surface area contributed by atoms with Gasteiger partial charge in [0.05, 0.1) is 26.9 Å². The minimum atomic E-state index is -0.0242. The first-order chi connectivity index (χ1) is 9.24. The highest BCUT2D eigenvalue weighted by atomic mass is 16.5. The molecule has 1 rings (SSSR count). The highest BCUT2D eigenvalue weighted by Crippen LogP contribution is 2.28. The standard InChI is InChI=1S/C14H23NO4/c1-3-15-12(10-17)6-7-19-13-5-4-11(9-16)8-14(13)18-2/h4-5,8,12,15-17H,3,6-7,9-10H2,1-2H3. The summed E-state index contributed by atoms with van der Waals surface area (Å²) in [5.74, 6) is 1.25.